The van der Waals surface area contributed by atoms with Crippen LogP contribution in [-0.2, 0) is 11.3 Å². The van der Waals surface area contributed by atoms with Crippen LogP contribution < -0.4 is 0 Å². The molecule has 160 valence electrons. The first-order chi connectivity index (χ1) is 14.3. The number of hydrogen-bond acceptors (Lipinski definition) is 9. The van der Waals surface area contributed by atoms with E-state index in [2.05, 4.69) is 0 Å². The molecule has 0 spiro atoms. The number of ether oxygens (including phenoxy) is 1. The van der Waals surface area contributed by atoms with E-state index < -0.39 is 61.2 Å². The number of fused-ring (bicyclic) bond motifs is 2. The Morgan fingerprint density at radius 1 is 0.867 bits per heavy atom. The lowest BCUT2D eigenvalue weighted by Crippen LogP contribution is -2.60. The van der Waals surface area contributed by atoms with Crippen LogP contribution in [0.1, 0.15) is 38.5 Å². The highest BCUT2D eigenvalue weighted by Gasteiger charge is 2.50. The normalized spacial score (nSPS) is 30.6. The third kappa shape index (κ3) is 2.99. The van der Waals surface area contributed by atoms with E-state index in [1.165, 1.54) is 24.3 Å². The maximum Gasteiger partial charge on any atom is 0.201 e. The van der Waals surface area contributed by atoms with Gasteiger partial charge in [-0.15, -0.1) is 0 Å². The van der Waals surface area contributed by atoms with E-state index >= 15 is 0 Å². The Labute approximate surface area is 171 Å². The van der Waals surface area contributed by atoms with Crippen molar-refractivity contribution < 1.29 is 45.3 Å². The Morgan fingerprint density at radius 2 is 1.57 bits per heavy atom. The van der Waals surface area contributed by atoms with Gasteiger partial charge in [0.2, 0.25) is 5.78 Å². The van der Waals surface area contributed by atoms with Crippen molar-refractivity contribution in [3.8, 4) is 11.5 Å². The number of benzene rings is 2. The highest BCUT2D eigenvalue weighted by Crippen LogP contribution is 2.47. The first-order valence-electron chi connectivity index (χ1n) is 9.43. The monoisotopic (exact) mass is 418 g/mol. The van der Waals surface area contributed by atoms with E-state index in [0.29, 0.717) is 5.56 Å². The zero-order valence-corrected chi connectivity index (χ0v) is 15.7. The van der Waals surface area contributed by atoms with Crippen LogP contribution >= 0.6 is 0 Å². The molecule has 6 atom stereocenters. The zero-order valence-electron chi connectivity index (χ0n) is 15.7. The first-order valence-corrected chi connectivity index (χ1v) is 9.43. The molecule has 1 heterocycles. The molecular formula is C21H22O9. The quantitative estimate of drug-likeness (QED) is 0.334. The summed E-state index contributed by atoms with van der Waals surface area (Å²) < 4.78 is 5.73. The smallest absolute Gasteiger partial charge is 0.201 e. The molecule has 7 N–H and O–H groups in total. The summed E-state index contributed by atoms with van der Waals surface area (Å²) in [7, 11) is 0. The summed E-state index contributed by atoms with van der Waals surface area (Å²) in [5.41, 5.74) is 0.609. The largest absolute Gasteiger partial charge is 0.507 e. The summed E-state index contributed by atoms with van der Waals surface area (Å²) in [5.74, 6) is -2.34. The molecular weight excluding hydrogens is 396 g/mol. The predicted molar refractivity (Wildman–Crippen MR) is 101 cm³/mol. The Bertz CT molecular complexity index is 987. The van der Waals surface area contributed by atoms with Crippen molar-refractivity contribution in [3.05, 3.63) is 58.1 Å². The Balaban J connectivity index is 1.96. The highest BCUT2D eigenvalue weighted by molar-refractivity contribution is 6.16. The molecule has 4 rings (SSSR count). The van der Waals surface area contributed by atoms with Gasteiger partial charge in [0.05, 0.1) is 30.4 Å². The van der Waals surface area contributed by atoms with Crippen LogP contribution in [0.15, 0.2) is 30.3 Å². The fourth-order valence-corrected chi connectivity index (χ4v) is 4.41. The summed E-state index contributed by atoms with van der Waals surface area (Å²) >= 11 is 0. The molecule has 0 saturated carbocycles. The van der Waals surface area contributed by atoms with Crippen molar-refractivity contribution in [2.45, 2.75) is 43.0 Å². The van der Waals surface area contributed by atoms with Gasteiger partial charge in [-0.1, -0.05) is 18.2 Å². The van der Waals surface area contributed by atoms with Crippen LogP contribution in [0.4, 0.5) is 0 Å². The SMILES string of the molecule is O=C1c2c(O)cccc2[C@H]([C@H]2OC(CO)[C@H](O)[C@H](O)C2O)c2cc(CO)cc(O)c21. The third-order valence-electron chi connectivity index (χ3n) is 5.85. The molecule has 30 heavy (non-hydrogen) atoms. The van der Waals surface area contributed by atoms with Gasteiger partial charge in [0.25, 0.3) is 0 Å². The minimum atomic E-state index is -1.64. The highest BCUT2D eigenvalue weighted by atomic mass is 16.5. The van der Waals surface area contributed by atoms with Gasteiger partial charge in [0, 0.05) is 5.92 Å². The molecule has 0 amide bonds. The fraction of sp³-hybridized carbons (Fsp3) is 0.381. The average Bonchev–Trinajstić information content (AvgIpc) is 2.73. The maximum absolute atomic E-state index is 13.1. The molecule has 1 fully saturated rings. The molecule has 1 aliphatic heterocycles. The molecule has 0 aromatic heterocycles. The number of carbonyl (C=O) groups excluding carboxylic acids is 1. The van der Waals surface area contributed by atoms with Crippen LogP contribution in [0.3, 0.4) is 0 Å². The molecule has 2 aromatic rings. The number of ketones is 1. The second-order valence-corrected chi connectivity index (χ2v) is 7.58. The van der Waals surface area contributed by atoms with Crippen LogP contribution in [0.5, 0.6) is 11.5 Å². The molecule has 2 aromatic carbocycles. The number of carbonyl (C=O) groups is 1. The molecule has 0 radical (unpaired) electrons. The molecule has 9 heteroatoms. The number of aliphatic hydroxyl groups excluding tert-OH is 5. The van der Waals surface area contributed by atoms with E-state index in [-0.39, 0.29) is 28.0 Å². The molecule has 1 saturated heterocycles. The number of aliphatic hydroxyl groups is 5. The van der Waals surface area contributed by atoms with Gasteiger partial charge in [0.1, 0.15) is 35.9 Å². The Hall–Kier alpha value is -2.53. The average molecular weight is 418 g/mol. The lowest BCUT2D eigenvalue weighted by atomic mass is 9.71. The summed E-state index contributed by atoms with van der Waals surface area (Å²) in [6, 6.07) is 7.06. The zero-order chi connectivity index (χ0) is 21.7. The van der Waals surface area contributed by atoms with Gasteiger partial charge < -0.3 is 40.5 Å². The van der Waals surface area contributed by atoms with Gasteiger partial charge in [0.15, 0.2) is 0 Å². The van der Waals surface area contributed by atoms with Gasteiger partial charge in [-0.25, -0.2) is 0 Å². The van der Waals surface area contributed by atoms with Crippen LogP contribution in [0.2, 0.25) is 0 Å². The lowest BCUT2D eigenvalue weighted by Gasteiger charge is -2.45. The van der Waals surface area contributed by atoms with Crippen molar-refractivity contribution in [2.24, 2.45) is 0 Å². The number of hydrogen-bond donors (Lipinski definition) is 7. The molecule has 2 unspecified atom stereocenters. The van der Waals surface area contributed by atoms with Crippen LogP contribution in [0.25, 0.3) is 0 Å². The molecule has 0 bridgehead atoms. The molecule has 2 aliphatic rings. The third-order valence-corrected chi connectivity index (χ3v) is 5.85. The topological polar surface area (TPSA) is 168 Å². The van der Waals surface area contributed by atoms with Gasteiger partial charge in [-0.2, -0.15) is 0 Å². The van der Waals surface area contributed by atoms with E-state index in [4.69, 9.17) is 4.74 Å². The minimum absolute atomic E-state index is 0.0843. The summed E-state index contributed by atoms with van der Waals surface area (Å²) in [6.07, 6.45) is -7.22. The fourth-order valence-electron chi connectivity index (χ4n) is 4.41. The van der Waals surface area contributed by atoms with E-state index in [1.807, 2.05) is 0 Å². The van der Waals surface area contributed by atoms with E-state index in [0.717, 1.165) is 0 Å². The Morgan fingerprint density at radius 3 is 2.23 bits per heavy atom. The summed E-state index contributed by atoms with van der Waals surface area (Å²) in [4.78, 5) is 13.1. The number of aromatic hydroxyl groups is 2. The maximum atomic E-state index is 13.1. The van der Waals surface area contributed by atoms with E-state index in [9.17, 15) is 40.5 Å². The van der Waals surface area contributed by atoms with Crippen molar-refractivity contribution in [3.63, 3.8) is 0 Å². The number of phenolic OH excluding ortho intramolecular Hbond substituents is 2. The predicted octanol–water partition coefficient (Wildman–Crippen LogP) is -0.891. The van der Waals surface area contributed by atoms with Gasteiger partial charge in [-0.05, 0) is 28.8 Å². The van der Waals surface area contributed by atoms with Gasteiger partial charge in [-0.3, -0.25) is 4.79 Å². The van der Waals surface area contributed by atoms with Crippen molar-refractivity contribution in [1.82, 2.24) is 0 Å². The molecule has 1 aliphatic carbocycles. The minimum Gasteiger partial charge on any atom is -0.507 e. The van der Waals surface area contributed by atoms with E-state index in [1.54, 1.807) is 6.07 Å². The van der Waals surface area contributed by atoms with Crippen molar-refractivity contribution in [2.75, 3.05) is 6.61 Å². The first kappa shape index (κ1) is 20.7. The summed E-state index contributed by atoms with van der Waals surface area (Å²) in [6.45, 7) is -1.06. The lowest BCUT2D eigenvalue weighted by molar-refractivity contribution is -0.232. The van der Waals surface area contributed by atoms with Crippen LogP contribution in [-0.4, -0.2) is 78.7 Å². The number of phenols is 2. The van der Waals surface area contributed by atoms with Gasteiger partial charge >= 0.3 is 0 Å². The summed E-state index contributed by atoms with van der Waals surface area (Å²) in [5, 5.41) is 71.0. The van der Waals surface area contributed by atoms with Crippen LogP contribution in [0, 0.1) is 0 Å². The standard InChI is InChI=1S/C21H22O9/c22-6-8-4-10-14(21-20(29)19(28)17(26)13(7-23)30-21)9-2-1-3-11(24)15(9)18(27)16(10)12(25)5-8/h1-5,13-14,17,19-26,28-29H,6-7H2/t13?,14-,17-,19-,20?,21+/m0/s1. The van der Waals surface area contributed by atoms with Crippen molar-refractivity contribution >= 4 is 5.78 Å². The Kier molecular flexibility index (Phi) is 5.27. The number of rotatable bonds is 3. The second kappa shape index (κ2) is 7.62. The molecule has 9 nitrogen and oxygen atoms in total. The van der Waals surface area contributed by atoms with Crippen molar-refractivity contribution in [1.29, 1.82) is 0 Å². The second-order valence-electron chi connectivity index (χ2n) is 7.58.